The molecule has 1 aliphatic carbocycles. The fourth-order valence-electron chi connectivity index (χ4n) is 1.57. The SMILES string of the molecule is CSCCNC(=O)NC1CCCC1. The lowest BCUT2D eigenvalue weighted by molar-refractivity contribution is 0.238. The van der Waals surface area contributed by atoms with Crippen LogP contribution >= 0.6 is 11.8 Å². The van der Waals surface area contributed by atoms with Crippen LogP contribution in [0, 0.1) is 0 Å². The number of nitrogens with one attached hydrogen (secondary N) is 2. The molecule has 0 atom stereocenters. The van der Waals surface area contributed by atoms with Crippen LogP contribution < -0.4 is 10.6 Å². The predicted octanol–water partition coefficient (Wildman–Crippen LogP) is 1.59. The van der Waals surface area contributed by atoms with Crippen LogP contribution in [-0.4, -0.2) is 30.6 Å². The standard InChI is InChI=1S/C9H18N2OS/c1-13-7-6-10-9(12)11-8-4-2-3-5-8/h8H,2-7H2,1H3,(H2,10,11,12). The van der Waals surface area contributed by atoms with Crippen molar-refractivity contribution < 1.29 is 4.79 Å². The maximum Gasteiger partial charge on any atom is 0.315 e. The number of rotatable bonds is 4. The molecule has 1 rings (SSSR count). The van der Waals surface area contributed by atoms with Gasteiger partial charge in [-0.25, -0.2) is 4.79 Å². The summed E-state index contributed by atoms with van der Waals surface area (Å²) in [5.41, 5.74) is 0. The molecule has 0 saturated heterocycles. The smallest absolute Gasteiger partial charge is 0.315 e. The van der Waals surface area contributed by atoms with Crippen molar-refractivity contribution >= 4 is 17.8 Å². The summed E-state index contributed by atoms with van der Waals surface area (Å²) in [7, 11) is 0. The van der Waals surface area contributed by atoms with Crippen LogP contribution in [0.3, 0.4) is 0 Å². The number of hydrogen-bond acceptors (Lipinski definition) is 2. The highest BCUT2D eigenvalue weighted by Gasteiger charge is 2.16. The summed E-state index contributed by atoms with van der Waals surface area (Å²) in [6.45, 7) is 0.764. The third-order valence-corrected chi connectivity index (χ3v) is 2.89. The molecule has 1 aliphatic rings. The molecule has 0 radical (unpaired) electrons. The topological polar surface area (TPSA) is 41.1 Å². The summed E-state index contributed by atoms with van der Waals surface area (Å²) in [4.78, 5) is 11.2. The zero-order chi connectivity index (χ0) is 9.52. The highest BCUT2D eigenvalue weighted by atomic mass is 32.2. The van der Waals surface area contributed by atoms with E-state index in [1.807, 2.05) is 6.26 Å². The quantitative estimate of drug-likeness (QED) is 0.680. The van der Waals surface area contributed by atoms with Crippen LogP contribution in [-0.2, 0) is 0 Å². The first-order valence-electron chi connectivity index (χ1n) is 4.86. The summed E-state index contributed by atoms with van der Waals surface area (Å²) in [6, 6.07) is 0.426. The lowest BCUT2D eigenvalue weighted by Crippen LogP contribution is -2.41. The van der Waals surface area contributed by atoms with Gasteiger partial charge in [-0.15, -0.1) is 0 Å². The van der Waals surface area contributed by atoms with Gasteiger partial charge in [-0.2, -0.15) is 11.8 Å². The summed E-state index contributed by atoms with van der Waals surface area (Å²) in [5.74, 6) is 0.984. The first-order chi connectivity index (χ1) is 6.33. The van der Waals surface area contributed by atoms with Crippen molar-refractivity contribution in [1.29, 1.82) is 0 Å². The van der Waals surface area contributed by atoms with E-state index in [9.17, 15) is 4.79 Å². The molecule has 0 aromatic rings. The highest BCUT2D eigenvalue weighted by molar-refractivity contribution is 7.98. The molecule has 0 aliphatic heterocycles. The lowest BCUT2D eigenvalue weighted by Gasteiger charge is -2.12. The summed E-state index contributed by atoms with van der Waals surface area (Å²) >= 11 is 1.74. The van der Waals surface area contributed by atoms with Crippen molar-refractivity contribution in [2.45, 2.75) is 31.7 Å². The van der Waals surface area contributed by atoms with Crippen molar-refractivity contribution in [3.63, 3.8) is 0 Å². The zero-order valence-electron chi connectivity index (χ0n) is 8.14. The second kappa shape index (κ2) is 6.13. The van der Waals surface area contributed by atoms with Gasteiger partial charge in [-0.1, -0.05) is 12.8 Å². The molecule has 13 heavy (non-hydrogen) atoms. The predicted molar refractivity (Wildman–Crippen MR) is 57.2 cm³/mol. The van der Waals surface area contributed by atoms with Crippen molar-refractivity contribution in [3.8, 4) is 0 Å². The van der Waals surface area contributed by atoms with Gasteiger partial charge in [0.1, 0.15) is 0 Å². The van der Waals surface area contributed by atoms with Gasteiger partial charge in [0.25, 0.3) is 0 Å². The van der Waals surface area contributed by atoms with Gasteiger partial charge < -0.3 is 10.6 Å². The first-order valence-corrected chi connectivity index (χ1v) is 6.25. The first kappa shape index (κ1) is 10.7. The van der Waals surface area contributed by atoms with E-state index in [0.29, 0.717) is 6.04 Å². The molecule has 0 bridgehead atoms. The van der Waals surface area contributed by atoms with E-state index < -0.39 is 0 Å². The van der Waals surface area contributed by atoms with E-state index in [1.54, 1.807) is 11.8 Å². The Hall–Kier alpha value is -0.380. The molecule has 0 unspecified atom stereocenters. The van der Waals surface area contributed by atoms with E-state index in [1.165, 1.54) is 12.8 Å². The molecule has 1 saturated carbocycles. The molecular formula is C9H18N2OS. The summed E-state index contributed by atoms with van der Waals surface area (Å²) < 4.78 is 0. The van der Waals surface area contributed by atoms with Crippen molar-refractivity contribution in [2.24, 2.45) is 0 Å². The molecule has 0 aromatic heterocycles. The molecule has 1 fully saturated rings. The number of carbonyl (C=O) groups is 1. The van der Waals surface area contributed by atoms with E-state index in [0.717, 1.165) is 25.1 Å². The van der Waals surface area contributed by atoms with Gasteiger partial charge in [-0.05, 0) is 19.1 Å². The number of amides is 2. The summed E-state index contributed by atoms with van der Waals surface area (Å²) in [6.07, 6.45) is 6.86. The van der Waals surface area contributed by atoms with Crippen LogP contribution in [0.15, 0.2) is 0 Å². The molecule has 3 nitrogen and oxygen atoms in total. The highest BCUT2D eigenvalue weighted by Crippen LogP contribution is 2.17. The fraction of sp³-hybridized carbons (Fsp3) is 0.889. The minimum Gasteiger partial charge on any atom is -0.337 e. The van der Waals surface area contributed by atoms with Gasteiger partial charge in [0.15, 0.2) is 0 Å². The van der Waals surface area contributed by atoms with Gasteiger partial charge >= 0.3 is 6.03 Å². The van der Waals surface area contributed by atoms with Crippen molar-refractivity contribution in [1.82, 2.24) is 10.6 Å². The number of carbonyl (C=O) groups excluding carboxylic acids is 1. The second-order valence-corrected chi connectivity index (χ2v) is 4.36. The van der Waals surface area contributed by atoms with Crippen LogP contribution in [0.25, 0.3) is 0 Å². The number of hydrogen-bond donors (Lipinski definition) is 2. The zero-order valence-corrected chi connectivity index (χ0v) is 8.95. The van der Waals surface area contributed by atoms with Crippen LogP contribution in [0.1, 0.15) is 25.7 Å². The van der Waals surface area contributed by atoms with Gasteiger partial charge in [0, 0.05) is 18.3 Å². The van der Waals surface area contributed by atoms with Crippen LogP contribution in [0.5, 0.6) is 0 Å². The Bertz CT molecular complexity index is 158. The Kier molecular flexibility index (Phi) is 5.05. The van der Waals surface area contributed by atoms with Crippen LogP contribution in [0.2, 0.25) is 0 Å². The third-order valence-electron chi connectivity index (χ3n) is 2.28. The average molecular weight is 202 g/mol. The minimum atomic E-state index is 0.000880. The Morgan fingerprint density at radius 2 is 2.15 bits per heavy atom. The van der Waals surface area contributed by atoms with E-state index >= 15 is 0 Å². The third kappa shape index (κ3) is 4.41. The Morgan fingerprint density at radius 3 is 2.77 bits per heavy atom. The number of thioether (sulfide) groups is 1. The number of urea groups is 1. The molecular weight excluding hydrogens is 184 g/mol. The fourth-order valence-corrected chi connectivity index (χ4v) is 1.88. The largest absolute Gasteiger partial charge is 0.337 e. The Labute approximate surface area is 84.0 Å². The summed E-state index contributed by atoms with van der Waals surface area (Å²) in [5, 5.41) is 5.82. The average Bonchev–Trinajstić information content (AvgIpc) is 2.57. The van der Waals surface area contributed by atoms with Gasteiger partial charge in [0.2, 0.25) is 0 Å². The van der Waals surface area contributed by atoms with Crippen molar-refractivity contribution in [3.05, 3.63) is 0 Å². The maximum atomic E-state index is 11.2. The maximum absolute atomic E-state index is 11.2. The Balaban J connectivity index is 2.02. The molecule has 0 spiro atoms. The van der Waals surface area contributed by atoms with Crippen LogP contribution in [0.4, 0.5) is 4.79 Å². The normalized spacial score (nSPS) is 17.3. The Morgan fingerprint density at radius 1 is 1.46 bits per heavy atom. The van der Waals surface area contributed by atoms with E-state index in [-0.39, 0.29) is 6.03 Å². The van der Waals surface area contributed by atoms with E-state index in [4.69, 9.17) is 0 Å². The van der Waals surface area contributed by atoms with Gasteiger partial charge in [0.05, 0.1) is 0 Å². The molecule has 2 amide bonds. The molecule has 0 heterocycles. The van der Waals surface area contributed by atoms with Gasteiger partial charge in [-0.3, -0.25) is 0 Å². The minimum absolute atomic E-state index is 0.000880. The molecule has 4 heteroatoms. The second-order valence-electron chi connectivity index (χ2n) is 3.37. The van der Waals surface area contributed by atoms with Crippen molar-refractivity contribution in [2.75, 3.05) is 18.6 Å². The molecule has 2 N–H and O–H groups in total. The lowest BCUT2D eigenvalue weighted by atomic mass is 10.3. The van der Waals surface area contributed by atoms with E-state index in [2.05, 4.69) is 10.6 Å². The molecule has 76 valence electrons. The molecule has 0 aromatic carbocycles. The monoisotopic (exact) mass is 202 g/mol.